The van der Waals surface area contributed by atoms with Gasteiger partial charge in [-0.25, -0.2) is 9.97 Å². The average Bonchev–Trinajstić information content (AvgIpc) is 2.85. The van der Waals surface area contributed by atoms with Gasteiger partial charge >= 0.3 is 0 Å². The number of hydrogen-bond donors (Lipinski definition) is 1. The molecule has 0 aliphatic rings. The SMILES string of the molecule is CCNc1cccc(CSc2nc(CC)ns2)n1. The quantitative estimate of drug-likeness (QED) is 0.823. The van der Waals surface area contributed by atoms with E-state index in [0.29, 0.717) is 0 Å². The summed E-state index contributed by atoms with van der Waals surface area (Å²) in [6.45, 7) is 5.02. The van der Waals surface area contributed by atoms with Crippen LogP contribution < -0.4 is 5.32 Å². The van der Waals surface area contributed by atoms with Crippen molar-refractivity contribution in [1.82, 2.24) is 14.3 Å². The van der Waals surface area contributed by atoms with Crippen molar-refractivity contribution in [3.8, 4) is 0 Å². The van der Waals surface area contributed by atoms with Gasteiger partial charge in [0.2, 0.25) is 0 Å². The molecule has 0 radical (unpaired) electrons. The molecule has 0 saturated heterocycles. The Labute approximate surface area is 115 Å². The van der Waals surface area contributed by atoms with Gasteiger partial charge in [0.25, 0.3) is 0 Å². The lowest BCUT2D eigenvalue weighted by molar-refractivity contribution is 0.971. The Morgan fingerprint density at radius 3 is 2.89 bits per heavy atom. The maximum atomic E-state index is 4.53. The van der Waals surface area contributed by atoms with Crippen molar-refractivity contribution in [2.75, 3.05) is 11.9 Å². The Bertz CT molecular complexity index is 498. The summed E-state index contributed by atoms with van der Waals surface area (Å²) in [4.78, 5) is 8.96. The number of aryl methyl sites for hydroxylation is 1. The van der Waals surface area contributed by atoms with E-state index in [1.807, 2.05) is 18.2 Å². The second kappa shape index (κ2) is 6.70. The third kappa shape index (κ3) is 3.68. The van der Waals surface area contributed by atoms with Gasteiger partial charge in [0.15, 0.2) is 4.34 Å². The molecule has 0 spiro atoms. The predicted molar refractivity (Wildman–Crippen MR) is 77.2 cm³/mol. The molecular formula is C12H16N4S2. The summed E-state index contributed by atoms with van der Waals surface area (Å²) in [7, 11) is 0. The Balaban J connectivity index is 1.94. The minimum Gasteiger partial charge on any atom is -0.370 e. The Morgan fingerprint density at radius 1 is 1.28 bits per heavy atom. The maximum Gasteiger partial charge on any atom is 0.170 e. The summed E-state index contributed by atoms with van der Waals surface area (Å²) >= 11 is 3.16. The highest BCUT2D eigenvalue weighted by Crippen LogP contribution is 2.24. The lowest BCUT2D eigenvalue weighted by atomic mass is 10.4. The van der Waals surface area contributed by atoms with E-state index in [9.17, 15) is 0 Å². The largest absolute Gasteiger partial charge is 0.370 e. The maximum absolute atomic E-state index is 4.53. The third-order valence-corrected chi connectivity index (χ3v) is 4.18. The van der Waals surface area contributed by atoms with Crippen LogP contribution in [0.25, 0.3) is 0 Å². The molecule has 0 aliphatic heterocycles. The summed E-state index contributed by atoms with van der Waals surface area (Å²) in [6.07, 6.45) is 0.894. The smallest absolute Gasteiger partial charge is 0.170 e. The summed E-state index contributed by atoms with van der Waals surface area (Å²) in [6, 6.07) is 6.05. The average molecular weight is 280 g/mol. The second-order valence-electron chi connectivity index (χ2n) is 3.66. The highest BCUT2D eigenvalue weighted by atomic mass is 32.2. The highest BCUT2D eigenvalue weighted by Gasteiger charge is 2.04. The molecule has 6 heteroatoms. The molecule has 4 nitrogen and oxygen atoms in total. The predicted octanol–water partition coefficient (Wildman–Crippen LogP) is 3.22. The first-order chi connectivity index (χ1) is 8.81. The van der Waals surface area contributed by atoms with Gasteiger partial charge in [0.05, 0.1) is 5.69 Å². The minimum atomic E-state index is 0.831. The van der Waals surface area contributed by atoms with Gasteiger partial charge < -0.3 is 5.32 Å². The number of nitrogens with zero attached hydrogens (tertiary/aromatic N) is 3. The van der Waals surface area contributed by atoms with Crippen molar-refractivity contribution in [1.29, 1.82) is 0 Å². The van der Waals surface area contributed by atoms with Gasteiger partial charge in [0, 0.05) is 18.7 Å². The number of rotatable bonds is 6. The molecule has 1 N–H and O–H groups in total. The normalized spacial score (nSPS) is 10.6. The van der Waals surface area contributed by atoms with Crippen molar-refractivity contribution in [2.24, 2.45) is 0 Å². The minimum absolute atomic E-state index is 0.831. The van der Waals surface area contributed by atoms with Crippen molar-refractivity contribution < 1.29 is 0 Å². The Morgan fingerprint density at radius 2 is 2.17 bits per heavy atom. The number of pyridine rings is 1. The van der Waals surface area contributed by atoms with Gasteiger partial charge in [-0.3, -0.25) is 0 Å². The van der Waals surface area contributed by atoms with Gasteiger partial charge in [-0.05, 0) is 30.6 Å². The molecular weight excluding hydrogens is 264 g/mol. The molecule has 2 aromatic heterocycles. The fourth-order valence-electron chi connectivity index (χ4n) is 1.42. The molecule has 0 saturated carbocycles. The van der Waals surface area contributed by atoms with Gasteiger partial charge in [-0.15, -0.1) is 0 Å². The van der Waals surface area contributed by atoms with Gasteiger partial charge in [0.1, 0.15) is 11.6 Å². The van der Waals surface area contributed by atoms with Gasteiger partial charge in [-0.1, -0.05) is 24.8 Å². The Hall–Kier alpha value is -1.14. The van der Waals surface area contributed by atoms with Crippen molar-refractivity contribution in [2.45, 2.75) is 30.4 Å². The molecule has 2 aromatic rings. The molecule has 0 aliphatic carbocycles. The molecule has 18 heavy (non-hydrogen) atoms. The van der Waals surface area contributed by atoms with Gasteiger partial charge in [-0.2, -0.15) is 4.37 Å². The lowest BCUT2D eigenvalue weighted by Gasteiger charge is -2.04. The molecule has 0 unspecified atom stereocenters. The van der Waals surface area contributed by atoms with E-state index in [4.69, 9.17) is 0 Å². The first kappa shape index (κ1) is 13.3. The van der Waals surface area contributed by atoms with E-state index < -0.39 is 0 Å². The van der Waals surface area contributed by atoms with Crippen molar-refractivity contribution in [3.63, 3.8) is 0 Å². The van der Waals surface area contributed by atoms with Crippen LogP contribution in [0.5, 0.6) is 0 Å². The monoisotopic (exact) mass is 280 g/mol. The summed E-state index contributed by atoms with van der Waals surface area (Å²) in [5.74, 6) is 2.69. The zero-order chi connectivity index (χ0) is 12.8. The highest BCUT2D eigenvalue weighted by molar-refractivity contribution is 8.00. The fourth-order valence-corrected chi connectivity index (χ4v) is 3.02. The van der Waals surface area contributed by atoms with E-state index in [0.717, 1.165) is 40.4 Å². The standard InChI is InChI=1S/C12H16N4S2/c1-3-10-15-12(18-16-10)17-8-9-6-5-7-11(14-9)13-4-2/h5-7H,3-4,8H2,1-2H3,(H,13,14). The van der Waals surface area contributed by atoms with Crippen LogP contribution in [-0.4, -0.2) is 20.9 Å². The summed E-state index contributed by atoms with van der Waals surface area (Å²) < 4.78 is 5.29. The van der Waals surface area contributed by atoms with E-state index in [2.05, 4.69) is 33.5 Å². The number of nitrogens with one attached hydrogen (secondary N) is 1. The van der Waals surface area contributed by atoms with Crippen LogP contribution in [0.4, 0.5) is 5.82 Å². The molecule has 0 amide bonds. The number of anilines is 1. The molecule has 2 rings (SSSR count). The second-order valence-corrected chi connectivity index (χ2v) is 5.64. The fraction of sp³-hybridized carbons (Fsp3) is 0.417. The van der Waals surface area contributed by atoms with Crippen LogP contribution in [0.1, 0.15) is 25.4 Å². The van der Waals surface area contributed by atoms with Crippen molar-refractivity contribution in [3.05, 3.63) is 29.7 Å². The Kier molecular flexibility index (Phi) is 4.95. The number of hydrogen-bond acceptors (Lipinski definition) is 6. The topological polar surface area (TPSA) is 50.7 Å². The van der Waals surface area contributed by atoms with Crippen molar-refractivity contribution >= 4 is 29.1 Å². The van der Waals surface area contributed by atoms with Crippen LogP contribution in [0, 0.1) is 0 Å². The summed E-state index contributed by atoms with van der Waals surface area (Å²) in [5.41, 5.74) is 1.06. The number of aromatic nitrogens is 3. The third-order valence-electron chi connectivity index (χ3n) is 2.27. The first-order valence-corrected chi connectivity index (χ1v) is 7.73. The lowest BCUT2D eigenvalue weighted by Crippen LogP contribution is -2.00. The van der Waals surface area contributed by atoms with Crippen LogP contribution in [-0.2, 0) is 12.2 Å². The summed E-state index contributed by atoms with van der Waals surface area (Å²) in [5, 5.41) is 3.21. The molecule has 2 heterocycles. The van der Waals surface area contributed by atoms with E-state index in [1.165, 1.54) is 11.5 Å². The van der Waals surface area contributed by atoms with Crippen LogP contribution in [0.15, 0.2) is 22.5 Å². The molecule has 0 bridgehead atoms. The van der Waals surface area contributed by atoms with Crippen LogP contribution in [0.3, 0.4) is 0 Å². The zero-order valence-corrected chi connectivity index (χ0v) is 12.1. The first-order valence-electron chi connectivity index (χ1n) is 5.97. The zero-order valence-electron chi connectivity index (χ0n) is 10.5. The number of thioether (sulfide) groups is 1. The molecule has 0 atom stereocenters. The van der Waals surface area contributed by atoms with E-state index in [1.54, 1.807) is 11.8 Å². The molecule has 0 aromatic carbocycles. The van der Waals surface area contributed by atoms with E-state index >= 15 is 0 Å². The van der Waals surface area contributed by atoms with Crippen LogP contribution >= 0.6 is 23.3 Å². The van der Waals surface area contributed by atoms with E-state index in [-0.39, 0.29) is 0 Å². The van der Waals surface area contributed by atoms with Crippen LogP contribution in [0.2, 0.25) is 0 Å². The molecule has 96 valence electrons. The molecule has 0 fully saturated rings.